The van der Waals surface area contributed by atoms with Crippen LogP contribution in [0.25, 0.3) is 0 Å². The van der Waals surface area contributed by atoms with E-state index in [9.17, 15) is 0 Å². The van der Waals surface area contributed by atoms with Crippen LogP contribution in [0.2, 0.25) is 0 Å². The van der Waals surface area contributed by atoms with E-state index in [1.807, 2.05) is 0 Å². The van der Waals surface area contributed by atoms with Gasteiger partial charge in [0.15, 0.2) is 0 Å². The second-order valence-electron chi connectivity index (χ2n) is 1.68. The lowest BCUT2D eigenvalue weighted by Gasteiger charge is -1.99. The maximum atomic E-state index is 5.22. The fourth-order valence-electron chi connectivity index (χ4n) is 0.522. The third-order valence-corrected chi connectivity index (χ3v) is 1.49. The lowest BCUT2D eigenvalue weighted by Crippen LogP contribution is -2.10. The summed E-state index contributed by atoms with van der Waals surface area (Å²) < 4.78 is 5.96. The van der Waals surface area contributed by atoms with Crippen molar-refractivity contribution in [3.05, 3.63) is 10.7 Å². The minimum Gasteiger partial charge on any atom is -0.476 e. The molecule has 5 heteroatoms. The molecule has 0 bridgehead atoms. The zero-order valence-corrected chi connectivity index (χ0v) is 6.89. The molecular weight excluding hydrogens is 198 g/mol. The van der Waals surface area contributed by atoms with Gasteiger partial charge >= 0.3 is 0 Å². The van der Waals surface area contributed by atoms with Crippen molar-refractivity contribution in [1.29, 1.82) is 0 Å². The number of hydrogen-bond acceptors (Lipinski definition) is 3. The molecule has 1 heterocycles. The largest absolute Gasteiger partial charge is 0.476 e. The molecule has 0 saturated heterocycles. The SMILES string of the molecule is NCCOc1[nH]ncc1Br. The van der Waals surface area contributed by atoms with Gasteiger partial charge in [0.25, 0.3) is 0 Å². The summed E-state index contributed by atoms with van der Waals surface area (Å²) in [5.74, 6) is 0.630. The minimum absolute atomic E-state index is 0.501. The van der Waals surface area contributed by atoms with Gasteiger partial charge in [-0.25, -0.2) is 5.10 Å². The summed E-state index contributed by atoms with van der Waals surface area (Å²) in [6.07, 6.45) is 1.63. The van der Waals surface area contributed by atoms with E-state index >= 15 is 0 Å². The van der Waals surface area contributed by atoms with E-state index < -0.39 is 0 Å². The Balaban J connectivity index is 2.49. The first-order chi connectivity index (χ1) is 4.84. The summed E-state index contributed by atoms with van der Waals surface area (Å²) in [6, 6.07) is 0. The van der Waals surface area contributed by atoms with E-state index in [1.165, 1.54) is 0 Å². The number of rotatable bonds is 3. The molecule has 0 aliphatic carbocycles. The molecule has 0 saturated carbocycles. The number of ether oxygens (including phenoxy) is 1. The number of H-pyrrole nitrogens is 1. The molecule has 56 valence electrons. The lowest BCUT2D eigenvalue weighted by molar-refractivity contribution is 0.313. The average Bonchev–Trinajstić information content (AvgIpc) is 2.31. The number of aromatic nitrogens is 2. The molecule has 3 N–H and O–H groups in total. The van der Waals surface area contributed by atoms with Crippen LogP contribution in [-0.4, -0.2) is 23.3 Å². The predicted molar refractivity (Wildman–Crippen MR) is 40.8 cm³/mol. The van der Waals surface area contributed by atoms with Gasteiger partial charge in [0.1, 0.15) is 6.61 Å². The fraction of sp³-hybridized carbons (Fsp3) is 0.400. The van der Waals surface area contributed by atoms with Crippen LogP contribution in [0.4, 0.5) is 0 Å². The van der Waals surface area contributed by atoms with Crippen LogP contribution in [0.3, 0.4) is 0 Å². The summed E-state index contributed by atoms with van der Waals surface area (Å²) >= 11 is 3.24. The van der Waals surface area contributed by atoms with E-state index in [0.29, 0.717) is 19.0 Å². The molecule has 0 aliphatic rings. The van der Waals surface area contributed by atoms with Crippen molar-refractivity contribution in [2.75, 3.05) is 13.2 Å². The Morgan fingerprint density at radius 1 is 1.80 bits per heavy atom. The molecule has 0 atom stereocenters. The van der Waals surface area contributed by atoms with E-state index in [1.54, 1.807) is 6.20 Å². The zero-order valence-electron chi connectivity index (χ0n) is 5.30. The van der Waals surface area contributed by atoms with Crippen LogP contribution < -0.4 is 10.5 Å². The Hall–Kier alpha value is -0.550. The molecule has 0 fully saturated rings. The Kier molecular flexibility index (Phi) is 2.70. The normalized spacial score (nSPS) is 9.80. The van der Waals surface area contributed by atoms with Gasteiger partial charge in [-0.05, 0) is 15.9 Å². The van der Waals surface area contributed by atoms with Crippen LogP contribution in [0, 0.1) is 0 Å². The van der Waals surface area contributed by atoms with Crippen molar-refractivity contribution in [3.63, 3.8) is 0 Å². The van der Waals surface area contributed by atoms with Crippen LogP contribution in [0.1, 0.15) is 0 Å². The van der Waals surface area contributed by atoms with Crippen molar-refractivity contribution in [1.82, 2.24) is 10.2 Å². The summed E-state index contributed by atoms with van der Waals surface area (Å²) in [7, 11) is 0. The van der Waals surface area contributed by atoms with E-state index in [0.717, 1.165) is 4.47 Å². The van der Waals surface area contributed by atoms with Gasteiger partial charge in [0.05, 0.1) is 10.7 Å². The third-order valence-electron chi connectivity index (χ3n) is 0.925. The second-order valence-corrected chi connectivity index (χ2v) is 2.54. The van der Waals surface area contributed by atoms with Gasteiger partial charge in [-0.1, -0.05) is 0 Å². The van der Waals surface area contributed by atoms with E-state index in [2.05, 4.69) is 26.1 Å². The summed E-state index contributed by atoms with van der Waals surface area (Å²) in [5, 5.41) is 6.40. The van der Waals surface area contributed by atoms with Crippen molar-refractivity contribution in [2.45, 2.75) is 0 Å². The molecule has 1 aromatic rings. The van der Waals surface area contributed by atoms with Crippen molar-refractivity contribution in [3.8, 4) is 5.88 Å². The van der Waals surface area contributed by atoms with Gasteiger partial charge in [-0.2, -0.15) is 5.10 Å². The molecule has 0 amide bonds. The molecule has 0 unspecified atom stereocenters. The second kappa shape index (κ2) is 3.58. The Morgan fingerprint density at radius 3 is 3.10 bits per heavy atom. The number of nitrogens with two attached hydrogens (primary N) is 1. The van der Waals surface area contributed by atoms with Crippen LogP contribution in [-0.2, 0) is 0 Å². The van der Waals surface area contributed by atoms with Crippen molar-refractivity contribution in [2.24, 2.45) is 5.73 Å². The summed E-state index contributed by atoms with van der Waals surface area (Å²) in [6.45, 7) is 1.01. The molecule has 0 radical (unpaired) electrons. The van der Waals surface area contributed by atoms with Gasteiger partial charge in [-0.3, -0.25) is 0 Å². The Bertz CT molecular complexity index is 201. The fourth-order valence-corrected chi connectivity index (χ4v) is 0.827. The maximum Gasteiger partial charge on any atom is 0.223 e. The number of halogens is 1. The van der Waals surface area contributed by atoms with E-state index in [4.69, 9.17) is 10.5 Å². The smallest absolute Gasteiger partial charge is 0.223 e. The predicted octanol–water partition coefficient (Wildman–Crippen LogP) is 0.510. The highest BCUT2D eigenvalue weighted by Crippen LogP contribution is 2.19. The van der Waals surface area contributed by atoms with Gasteiger partial charge < -0.3 is 10.5 Å². The zero-order chi connectivity index (χ0) is 7.40. The molecule has 1 aromatic heterocycles. The third kappa shape index (κ3) is 1.71. The molecule has 0 aliphatic heterocycles. The molecule has 10 heavy (non-hydrogen) atoms. The first-order valence-electron chi connectivity index (χ1n) is 2.86. The van der Waals surface area contributed by atoms with Crippen LogP contribution in [0.15, 0.2) is 10.7 Å². The summed E-state index contributed by atoms with van der Waals surface area (Å²) in [5.41, 5.74) is 5.22. The average molecular weight is 206 g/mol. The van der Waals surface area contributed by atoms with Gasteiger partial charge in [-0.15, -0.1) is 0 Å². The first-order valence-corrected chi connectivity index (χ1v) is 3.65. The van der Waals surface area contributed by atoms with Crippen molar-refractivity contribution < 1.29 is 4.74 Å². The lowest BCUT2D eigenvalue weighted by atomic mass is 10.7. The molecule has 4 nitrogen and oxygen atoms in total. The Labute approximate surface area is 66.9 Å². The molecular formula is C5H8BrN3O. The molecule has 0 aromatic carbocycles. The van der Waals surface area contributed by atoms with Gasteiger partial charge in [0.2, 0.25) is 5.88 Å². The topological polar surface area (TPSA) is 63.9 Å². The van der Waals surface area contributed by atoms with E-state index in [-0.39, 0.29) is 0 Å². The van der Waals surface area contributed by atoms with Gasteiger partial charge in [0, 0.05) is 6.54 Å². The standard InChI is InChI=1S/C5H8BrN3O/c6-4-3-8-9-5(4)10-2-1-7/h3H,1-2,7H2,(H,8,9). The number of hydrogen-bond donors (Lipinski definition) is 2. The van der Waals surface area contributed by atoms with Crippen molar-refractivity contribution >= 4 is 15.9 Å². The highest BCUT2D eigenvalue weighted by molar-refractivity contribution is 9.10. The van der Waals surface area contributed by atoms with Crippen LogP contribution in [0.5, 0.6) is 5.88 Å². The number of aromatic amines is 1. The number of nitrogens with zero attached hydrogens (tertiary/aromatic N) is 1. The number of nitrogens with one attached hydrogen (secondary N) is 1. The summed E-state index contributed by atoms with van der Waals surface area (Å²) in [4.78, 5) is 0. The molecule has 0 spiro atoms. The Morgan fingerprint density at radius 2 is 2.60 bits per heavy atom. The molecule has 1 rings (SSSR count). The minimum atomic E-state index is 0.501. The highest BCUT2D eigenvalue weighted by atomic mass is 79.9. The first kappa shape index (κ1) is 7.56. The monoisotopic (exact) mass is 205 g/mol. The quantitative estimate of drug-likeness (QED) is 0.757. The maximum absolute atomic E-state index is 5.22. The van der Waals surface area contributed by atoms with Crippen LogP contribution >= 0.6 is 15.9 Å². The highest BCUT2D eigenvalue weighted by Gasteiger charge is 1.99.